The van der Waals surface area contributed by atoms with Crippen LogP contribution in [0.4, 0.5) is 0 Å². The molecule has 1 heterocycles. The van der Waals surface area contributed by atoms with E-state index in [1.165, 1.54) is 0 Å². The zero-order valence-corrected chi connectivity index (χ0v) is 12.3. The summed E-state index contributed by atoms with van der Waals surface area (Å²) < 4.78 is 0. The van der Waals surface area contributed by atoms with E-state index in [1.54, 1.807) is 12.4 Å². The standard InChI is InChI=1S/C17H19N3O2/c21-16(7-6-14-4-2-1-3-5-14)20-13-17(22)19-12-15-8-10-18-11-9-15/h1-5,8-11H,6-7,12-13H2,(H,19,22)(H,20,21). The number of amides is 2. The van der Waals surface area contributed by atoms with Gasteiger partial charge in [0, 0.05) is 25.4 Å². The zero-order valence-electron chi connectivity index (χ0n) is 12.3. The van der Waals surface area contributed by atoms with Gasteiger partial charge in [-0.15, -0.1) is 0 Å². The summed E-state index contributed by atoms with van der Waals surface area (Å²) >= 11 is 0. The molecule has 0 atom stereocenters. The van der Waals surface area contributed by atoms with Gasteiger partial charge in [-0.1, -0.05) is 30.3 Å². The number of nitrogens with one attached hydrogen (secondary N) is 2. The number of benzene rings is 1. The van der Waals surface area contributed by atoms with Crippen LogP contribution in [0.15, 0.2) is 54.9 Å². The fraction of sp³-hybridized carbons (Fsp3) is 0.235. The normalized spacial score (nSPS) is 10.0. The number of carbonyl (C=O) groups excluding carboxylic acids is 2. The van der Waals surface area contributed by atoms with Gasteiger partial charge >= 0.3 is 0 Å². The highest BCUT2D eigenvalue weighted by Crippen LogP contribution is 2.01. The van der Waals surface area contributed by atoms with Crippen molar-refractivity contribution >= 4 is 11.8 Å². The molecular weight excluding hydrogens is 278 g/mol. The van der Waals surface area contributed by atoms with Gasteiger partial charge < -0.3 is 10.6 Å². The van der Waals surface area contributed by atoms with Crippen molar-refractivity contribution < 1.29 is 9.59 Å². The Morgan fingerprint density at radius 2 is 1.59 bits per heavy atom. The summed E-state index contributed by atoms with van der Waals surface area (Å²) in [5.41, 5.74) is 2.08. The Kier molecular flexibility index (Phi) is 6.11. The Balaban J connectivity index is 1.62. The lowest BCUT2D eigenvalue weighted by atomic mass is 10.1. The van der Waals surface area contributed by atoms with Gasteiger partial charge in [0.2, 0.25) is 11.8 Å². The first-order valence-corrected chi connectivity index (χ1v) is 7.20. The second-order valence-electron chi connectivity index (χ2n) is 4.89. The fourth-order valence-corrected chi connectivity index (χ4v) is 1.93. The van der Waals surface area contributed by atoms with Crippen LogP contribution < -0.4 is 10.6 Å². The first kappa shape index (κ1) is 15.7. The molecule has 0 aliphatic carbocycles. The lowest BCUT2D eigenvalue weighted by Gasteiger charge is -2.07. The van der Waals surface area contributed by atoms with Gasteiger partial charge in [0.15, 0.2) is 0 Å². The van der Waals surface area contributed by atoms with Crippen LogP contribution in [0.3, 0.4) is 0 Å². The van der Waals surface area contributed by atoms with Gasteiger partial charge in [0.1, 0.15) is 0 Å². The minimum absolute atomic E-state index is 0.00128. The SMILES string of the molecule is O=C(CCc1ccccc1)NCC(=O)NCc1ccncc1. The Hall–Kier alpha value is -2.69. The van der Waals surface area contributed by atoms with E-state index in [0.29, 0.717) is 19.4 Å². The molecule has 0 saturated heterocycles. The molecule has 2 aromatic rings. The molecular formula is C17H19N3O2. The molecule has 2 N–H and O–H groups in total. The maximum atomic E-state index is 11.7. The molecule has 0 radical (unpaired) electrons. The van der Waals surface area contributed by atoms with Crippen molar-refractivity contribution in [3.63, 3.8) is 0 Å². The average molecular weight is 297 g/mol. The Morgan fingerprint density at radius 1 is 0.864 bits per heavy atom. The summed E-state index contributed by atoms with van der Waals surface area (Å²) in [6.45, 7) is 0.431. The summed E-state index contributed by atoms with van der Waals surface area (Å²) in [5, 5.41) is 5.37. The topological polar surface area (TPSA) is 71.1 Å². The van der Waals surface area contributed by atoms with Crippen LogP contribution in [0.1, 0.15) is 17.5 Å². The molecule has 5 nitrogen and oxygen atoms in total. The second-order valence-corrected chi connectivity index (χ2v) is 4.89. The maximum Gasteiger partial charge on any atom is 0.239 e. The molecule has 2 rings (SSSR count). The van der Waals surface area contributed by atoms with Crippen molar-refractivity contribution in [1.82, 2.24) is 15.6 Å². The lowest BCUT2D eigenvalue weighted by molar-refractivity contribution is -0.126. The number of nitrogens with zero attached hydrogens (tertiary/aromatic N) is 1. The van der Waals surface area contributed by atoms with Crippen molar-refractivity contribution in [3.8, 4) is 0 Å². The molecule has 1 aromatic carbocycles. The van der Waals surface area contributed by atoms with E-state index in [9.17, 15) is 9.59 Å². The molecule has 0 saturated carbocycles. The predicted octanol–water partition coefficient (Wildman–Crippen LogP) is 1.45. The van der Waals surface area contributed by atoms with Crippen LogP contribution in [0, 0.1) is 0 Å². The second kappa shape index (κ2) is 8.56. The number of carbonyl (C=O) groups is 2. The van der Waals surface area contributed by atoms with Crippen LogP contribution >= 0.6 is 0 Å². The van der Waals surface area contributed by atoms with Crippen LogP contribution in [0.25, 0.3) is 0 Å². The number of aryl methyl sites for hydroxylation is 1. The first-order chi connectivity index (χ1) is 10.7. The molecule has 1 aromatic heterocycles. The molecule has 0 spiro atoms. The summed E-state index contributed by atoms with van der Waals surface area (Å²) in [6, 6.07) is 13.5. The van der Waals surface area contributed by atoms with Crippen LogP contribution in [0.2, 0.25) is 0 Å². The smallest absolute Gasteiger partial charge is 0.239 e. The minimum Gasteiger partial charge on any atom is -0.350 e. The third-order valence-electron chi connectivity index (χ3n) is 3.17. The van der Waals surface area contributed by atoms with Crippen molar-refractivity contribution in [2.45, 2.75) is 19.4 Å². The molecule has 0 unspecified atom stereocenters. The number of hydrogen-bond acceptors (Lipinski definition) is 3. The number of pyridine rings is 1. The zero-order chi connectivity index (χ0) is 15.6. The van der Waals surface area contributed by atoms with E-state index in [1.807, 2.05) is 42.5 Å². The van der Waals surface area contributed by atoms with Gasteiger partial charge in [-0.2, -0.15) is 0 Å². The fourth-order valence-electron chi connectivity index (χ4n) is 1.93. The number of aromatic nitrogens is 1. The summed E-state index contributed by atoms with van der Waals surface area (Å²) in [6.07, 6.45) is 4.40. The first-order valence-electron chi connectivity index (χ1n) is 7.20. The van der Waals surface area contributed by atoms with E-state index >= 15 is 0 Å². The van der Waals surface area contributed by atoms with Crippen LogP contribution in [0.5, 0.6) is 0 Å². The largest absolute Gasteiger partial charge is 0.350 e. The molecule has 2 amide bonds. The van der Waals surface area contributed by atoms with E-state index < -0.39 is 0 Å². The monoisotopic (exact) mass is 297 g/mol. The lowest BCUT2D eigenvalue weighted by Crippen LogP contribution is -2.36. The van der Waals surface area contributed by atoms with E-state index in [4.69, 9.17) is 0 Å². The Labute approximate surface area is 129 Å². The van der Waals surface area contributed by atoms with E-state index in [-0.39, 0.29) is 18.4 Å². The van der Waals surface area contributed by atoms with Crippen molar-refractivity contribution in [3.05, 3.63) is 66.0 Å². The third kappa shape index (κ3) is 5.75. The van der Waals surface area contributed by atoms with Gasteiger partial charge in [-0.25, -0.2) is 0 Å². The van der Waals surface area contributed by atoms with Gasteiger partial charge in [-0.05, 0) is 29.7 Å². The highest BCUT2D eigenvalue weighted by molar-refractivity contribution is 5.84. The van der Waals surface area contributed by atoms with Gasteiger partial charge in [0.25, 0.3) is 0 Å². The summed E-state index contributed by atoms with van der Waals surface area (Å²) in [4.78, 5) is 27.3. The number of hydrogen-bond donors (Lipinski definition) is 2. The molecule has 0 fully saturated rings. The van der Waals surface area contributed by atoms with Crippen molar-refractivity contribution in [2.75, 3.05) is 6.54 Å². The molecule has 114 valence electrons. The van der Waals surface area contributed by atoms with Crippen LogP contribution in [-0.2, 0) is 22.6 Å². The molecule has 22 heavy (non-hydrogen) atoms. The minimum atomic E-state index is -0.204. The molecule has 5 heteroatoms. The van der Waals surface area contributed by atoms with E-state index in [2.05, 4.69) is 15.6 Å². The summed E-state index contributed by atoms with van der Waals surface area (Å²) in [7, 11) is 0. The maximum absolute atomic E-state index is 11.7. The molecule has 0 aliphatic heterocycles. The quantitative estimate of drug-likeness (QED) is 0.812. The predicted molar refractivity (Wildman–Crippen MR) is 83.9 cm³/mol. The van der Waals surface area contributed by atoms with E-state index in [0.717, 1.165) is 11.1 Å². The third-order valence-corrected chi connectivity index (χ3v) is 3.17. The highest BCUT2D eigenvalue weighted by atomic mass is 16.2. The van der Waals surface area contributed by atoms with Crippen LogP contribution in [-0.4, -0.2) is 23.3 Å². The number of rotatable bonds is 7. The van der Waals surface area contributed by atoms with Crippen molar-refractivity contribution in [2.24, 2.45) is 0 Å². The Bertz CT molecular complexity index is 544. The highest BCUT2D eigenvalue weighted by Gasteiger charge is 2.05. The van der Waals surface area contributed by atoms with Gasteiger partial charge in [-0.3, -0.25) is 14.6 Å². The Morgan fingerprint density at radius 3 is 2.32 bits per heavy atom. The molecule has 0 bridgehead atoms. The summed E-state index contributed by atoms with van der Waals surface area (Å²) in [5.74, 6) is -0.326. The van der Waals surface area contributed by atoms with Crippen molar-refractivity contribution in [1.29, 1.82) is 0 Å². The molecule has 0 aliphatic rings. The van der Waals surface area contributed by atoms with Gasteiger partial charge in [0.05, 0.1) is 6.54 Å². The average Bonchev–Trinajstić information content (AvgIpc) is 2.58.